The number of hydrogen-bond acceptors (Lipinski definition) is 3. The zero-order chi connectivity index (χ0) is 19.4. The van der Waals surface area contributed by atoms with Gasteiger partial charge in [-0.05, 0) is 55.3 Å². The van der Waals surface area contributed by atoms with Crippen LogP contribution in [0.2, 0.25) is 0 Å². The van der Waals surface area contributed by atoms with Gasteiger partial charge in [0, 0.05) is 43.0 Å². The molecule has 3 amide bonds. The first-order valence-corrected chi connectivity index (χ1v) is 8.95. The monoisotopic (exact) mass is 365 g/mol. The lowest BCUT2D eigenvalue weighted by Gasteiger charge is -2.32. The van der Waals surface area contributed by atoms with Gasteiger partial charge in [0.15, 0.2) is 0 Å². The Kier molecular flexibility index (Phi) is 5.54. The lowest BCUT2D eigenvalue weighted by molar-refractivity contribution is -0.119. The summed E-state index contributed by atoms with van der Waals surface area (Å²) >= 11 is 0. The van der Waals surface area contributed by atoms with Gasteiger partial charge in [-0.2, -0.15) is 0 Å². The summed E-state index contributed by atoms with van der Waals surface area (Å²) in [5, 5.41) is 2.88. The highest BCUT2D eigenvalue weighted by Crippen LogP contribution is 2.16. The minimum Gasteiger partial charge on any atom is -0.342 e. The molecule has 1 heterocycles. The van der Waals surface area contributed by atoms with Crippen molar-refractivity contribution in [2.75, 3.05) is 31.5 Å². The minimum absolute atomic E-state index is 0.124. The molecule has 2 aromatic rings. The summed E-state index contributed by atoms with van der Waals surface area (Å²) in [6, 6.07) is 12.5. The first-order chi connectivity index (χ1) is 13.0. The quantitative estimate of drug-likeness (QED) is 0.846. The number of benzene rings is 2. The number of nitrogens with zero attached hydrogens (tertiary/aromatic N) is 2. The fourth-order valence-electron chi connectivity index (χ4n) is 3.03. The number of piperazine rings is 1. The fraction of sp³-hybridized carbons (Fsp3) is 0.286. The van der Waals surface area contributed by atoms with Crippen LogP contribution in [-0.4, -0.2) is 54.2 Å². The van der Waals surface area contributed by atoms with Gasteiger partial charge in [0.1, 0.15) is 0 Å². The van der Waals surface area contributed by atoms with Crippen molar-refractivity contribution in [2.45, 2.75) is 13.8 Å². The first kappa shape index (κ1) is 18.6. The second-order valence-corrected chi connectivity index (χ2v) is 6.77. The molecular weight excluding hydrogens is 342 g/mol. The number of hydrogen-bond donors (Lipinski definition) is 1. The van der Waals surface area contributed by atoms with Gasteiger partial charge in [-0.1, -0.05) is 12.1 Å². The van der Waals surface area contributed by atoms with Crippen LogP contribution in [0, 0.1) is 13.8 Å². The molecular formula is C21H23N3O3. The van der Waals surface area contributed by atoms with Crippen molar-refractivity contribution in [1.82, 2.24) is 9.80 Å². The van der Waals surface area contributed by atoms with Crippen LogP contribution in [0.25, 0.3) is 0 Å². The van der Waals surface area contributed by atoms with Crippen LogP contribution in [0.3, 0.4) is 0 Å². The lowest BCUT2D eigenvalue weighted by Crippen LogP contribution is -2.48. The Morgan fingerprint density at radius 1 is 0.926 bits per heavy atom. The molecule has 0 atom stereocenters. The smallest absolute Gasteiger partial charge is 0.255 e. The van der Waals surface area contributed by atoms with Crippen molar-refractivity contribution in [2.24, 2.45) is 0 Å². The number of rotatable bonds is 4. The zero-order valence-corrected chi connectivity index (χ0v) is 15.6. The fourth-order valence-corrected chi connectivity index (χ4v) is 3.03. The van der Waals surface area contributed by atoms with Crippen molar-refractivity contribution in [3.05, 3.63) is 64.7 Å². The van der Waals surface area contributed by atoms with E-state index in [1.165, 1.54) is 0 Å². The molecule has 3 rings (SSSR count). The molecule has 0 aliphatic carbocycles. The molecule has 0 radical (unpaired) electrons. The van der Waals surface area contributed by atoms with E-state index >= 15 is 0 Å². The standard InChI is InChI=1S/C21H23N3O3/c1-15-6-7-19(12-16(15)2)22-20(26)17-4-3-5-18(13-17)21(27)24-10-8-23(14-25)9-11-24/h3-7,12-14H,8-11H2,1-2H3,(H,22,26). The highest BCUT2D eigenvalue weighted by atomic mass is 16.2. The van der Waals surface area contributed by atoms with Gasteiger partial charge in [0.05, 0.1) is 0 Å². The van der Waals surface area contributed by atoms with E-state index in [1.807, 2.05) is 32.0 Å². The van der Waals surface area contributed by atoms with E-state index in [4.69, 9.17) is 0 Å². The Balaban J connectivity index is 1.71. The molecule has 27 heavy (non-hydrogen) atoms. The van der Waals surface area contributed by atoms with Crippen molar-refractivity contribution in [1.29, 1.82) is 0 Å². The second-order valence-electron chi connectivity index (χ2n) is 6.77. The van der Waals surface area contributed by atoms with Crippen LogP contribution in [0.4, 0.5) is 5.69 Å². The maximum absolute atomic E-state index is 12.7. The maximum Gasteiger partial charge on any atom is 0.255 e. The number of amides is 3. The van der Waals surface area contributed by atoms with Crippen LogP contribution < -0.4 is 5.32 Å². The summed E-state index contributed by atoms with van der Waals surface area (Å²) in [6.07, 6.45) is 0.805. The number of aryl methyl sites for hydroxylation is 2. The van der Waals surface area contributed by atoms with Gasteiger partial charge in [-0.3, -0.25) is 14.4 Å². The van der Waals surface area contributed by atoms with Gasteiger partial charge in [0.25, 0.3) is 11.8 Å². The van der Waals surface area contributed by atoms with E-state index < -0.39 is 0 Å². The average Bonchev–Trinajstić information content (AvgIpc) is 2.70. The summed E-state index contributed by atoms with van der Waals surface area (Å²) in [5.41, 5.74) is 3.90. The molecule has 0 spiro atoms. The predicted octanol–water partition coefficient (Wildman–Crippen LogP) is 2.47. The molecule has 1 saturated heterocycles. The molecule has 1 fully saturated rings. The zero-order valence-electron chi connectivity index (χ0n) is 15.6. The van der Waals surface area contributed by atoms with Gasteiger partial charge < -0.3 is 15.1 Å². The largest absolute Gasteiger partial charge is 0.342 e. The highest BCUT2D eigenvalue weighted by Gasteiger charge is 2.22. The van der Waals surface area contributed by atoms with E-state index in [9.17, 15) is 14.4 Å². The summed E-state index contributed by atoms with van der Waals surface area (Å²) in [7, 11) is 0. The molecule has 0 saturated carbocycles. The molecule has 0 bridgehead atoms. The van der Waals surface area contributed by atoms with E-state index in [0.717, 1.165) is 23.2 Å². The summed E-state index contributed by atoms with van der Waals surface area (Å²) in [6.45, 7) is 6.07. The topological polar surface area (TPSA) is 69.7 Å². The molecule has 1 N–H and O–H groups in total. The van der Waals surface area contributed by atoms with E-state index in [-0.39, 0.29) is 11.8 Å². The normalized spacial score (nSPS) is 14.0. The molecule has 6 heteroatoms. The molecule has 1 aliphatic rings. The SMILES string of the molecule is Cc1ccc(NC(=O)c2cccc(C(=O)N3CCN(C=O)CC3)c2)cc1C. The van der Waals surface area contributed by atoms with Gasteiger partial charge >= 0.3 is 0 Å². The van der Waals surface area contributed by atoms with Crippen molar-refractivity contribution < 1.29 is 14.4 Å². The highest BCUT2D eigenvalue weighted by molar-refractivity contribution is 6.06. The van der Waals surface area contributed by atoms with Gasteiger partial charge in [-0.25, -0.2) is 0 Å². The molecule has 0 unspecified atom stereocenters. The number of nitrogens with one attached hydrogen (secondary N) is 1. The van der Waals surface area contributed by atoms with E-state index in [1.54, 1.807) is 34.1 Å². The summed E-state index contributed by atoms with van der Waals surface area (Å²) < 4.78 is 0. The molecule has 1 aliphatic heterocycles. The van der Waals surface area contributed by atoms with Crippen LogP contribution in [-0.2, 0) is 4.79 Å². The predicted molar refractivity (Wildman–Crippen MR) is 104 cm³/mol. The third-order valence-corrected chi connectivity index (χ3v) is 4.89. The maximum atomic E-state index is 12.7. The average molecular weight is 365 g/mol. The third-order valence-electron chi connectivity index (χ3n) is 4.89. The van der Waals surface area contributed by atoms with Crippen molar-refractivity contribution in [3.8, 4) is 0 Å². The Morgan fingerprint density at radius 3 is 2.30 bits per heavy atom. The molecule has 0 aromatic heterocycles. The number of anilines is 1. The second kappa shape index (κ2) is 8.03. The van der Waals surface area contributed by atoms with Crippen LogP contribution in [0.5, 0.6) is 0 Å². The minimum atomic E-state index is -0.251. The third kappa shape index (κ3) is 4.34. The van der Waals surface area contributed by atoms with Crippen LogP contribution >= 0.6 is 0 Å². The van der Waals surface area contributed by atoms with Crippen molar-refractivity contribution >= 4 is 23.9 Å². The van der Waals surface area contributed by atoms with Crippen molar-refractivity contribution in [3.63, 3.8) is 0 Å². The Morgan fingerprint density at radius 2 is 1.63 bits per heavy atom. The van der Waals surface area contributed by atoms with E-state index in [2.05, 4.69) is 5.32 Å². The Bertz CT molecular complexity index is 871. The Hall–Kier alpha value is -3.15. The number of carbonyl (C=O) groups is 3. The van der Waals surface area contributed by atoms with Crippen LogP contribution in [0.15, 0.2) is 42.5 Å². The Labute approximate surface area is 158 Å². The molecule has 6 nitrogen and oxygen atoms in total. The van der Waals surface area contributed by atoms with Gasteiger partial charge in [-0.15, -0.1) is 0 Å². The first-order valence-electron chi connectivity index (χ1n) is 8.95. The van der Waals surface area contributed by atoms with Gasteiger partial charge in [0.2, 0.25) is 6.41 Å². The molecule has 2 aromatic carbocycles. The summed E-state index contributed by atoms with van der Waals surface area (Å²) in [4.78, 5) is 39.4. The number of carbonyl (C=O) groups excluding carboxylic acids is 3. The van der Waals surface area contributed by atoms with Crippen LogP contribution in [0.1, 0.15) is 31.8 Å². The van der Waals surface area contributed by atoms with E-state index in [0.29, 0.717) is 37.3 Å². The lowest BCUT2D eigenvalue weighted by atomic mass is 10.1. The molecule has 140 valence electrons. The summed E-state index contributed by atoms with van der Waals surface area (Å²) in [5.74, 6) is -0.375.